The largest absolute Gasteiger partial charge is 0.319 e. The Morgan fingerprint density at radius 1 is 1.50 bits per heavy atom. The van der Waals surface area contributed by atoms with Gasteiger partial charge in [-0.1, -0.05) is 0 Å². The molecular formula is C13H21ClFN3. The molecule has 2 heterocycles. The Labute approximate surface area is 114 Å². The van der Waals surface area contributed by atoms with Crippen molar-refractivity contribution in [3.05, 3.63) is 29.8 Å². The van der Waals surface area contributed by atoms with E-state index in [4.69, 9.17) is 0 Å². The Balaban J connectivity index is 0.00000162. The lowest BCUT2D eigenvalue weighted by Crippen LogP contribution is -2.38. The van der Waals surface area contributed by atoms with Gasteiger partial charge in [0.2, 0.25) is 0 Å². The van der Waals surface area contributed by atoms with Crippen molar-refractivity contribution in [3.8, 4) is 0 Å². The van der Waals surface area contributed by atoms with Gasteiger partial charge in [-0.15, -0.1) is 12.4 Å². The molecule has 3 nitrogen and oxygen atoms in total. The number of hydrogen-bond donors (Lipinski definition) is 1. The van der Waals surface area contributed by atoms with Crippen LogP contribution in [0.1, 0.15) is 18.4 Å². The number of pyridine rings is 1. The summed E-state index contributed by atoms with van der Waals surface area (Å²) in [6.45, 7) is 4.08. The van der Waals surface area contributed by atoms with Gasteiger partial charge in [-0.2, -0.15) is 0 Å². The second kappa shape index (κ2) is 7.67. The van der Waals surface area contributed by atoms with E-state index in [1.807, 2.05) is 7.05 Å². The smallest absolute Gasteiger partial charge is 0.141 e. The molecule has 1 N–H and O–H groups in total. The number of hydrogen-bond acceptors (Lipinski definition) is 3. The Morgan fingerprint density at radius 2 is 2.33 bits per heavy atom. The molecule has 5 heteroatoms. The van der Waals surface area contributed by atoms with Crippen LogP contribution in [0.3, 0.4) is 0 Å². The topological polar surface area (TPSA) is 28.2 Å². The normalized spacial score (nSPS) is 20.4. The molecule has 0 amide bonds. The Morgan fingerprint density at radius 3 is 3.06 bits per heavy atom. The SMILES string of the molecule is CNCC1CCCN(Cc2cncc(F)c2)C1.Cl. The van der Waals surface area contributed by atoms with Crippen LogP contribution in [0.5, 0.6) is 0 Å². The van der Waals surface area contributed by atoms with Crippen LogP contribution in [0.25, 0.3) is 0 Å². The Kier molecular flexibility index (Phi) is 6.54. The van der Waals surface area contributed by atoms with Crippen molar-refractivity contribution in [1.29, 1.82) is 0 Å². The summed E-state index contributed by atoms with van der Waals surface area (Å²) in [6.07, 6.45) is 5.53. The van der Waals surface area contributed by atoms with Gasteiger partial charge in [0.25, 0.3) is 0 Å². The van der Waals surface area contributed by atoms with E-state index in [0.29, 0.717) is 0 Å². The molecule has 1 aromatic rings. The van der Waals surface area contributed by atoms with E-state index >= 15 is 0 Å². The Hall–Kier alpha value is -0.710. The highest BCUT2D eigenvalue weighted by Crippen LogP contribution is 2.17. The van der Waals surface area contributed by atoms with Gasteiger partial charge >= 0.3 is 0 Å². The van der Waals surface area contributed by atoms with Crippen molar-refractivity contribution >= 4 is 12.4 Å². The van der Waals surface area contributed by atoms with E-state index in [-0.39, 0.29) is 18.2 Å². The highest BCUT2D eigenvalue weighted by atomic mass is 35.5. The number of aromatic nitrogens is 1. The van der Waals surface area contributed by atoms with Crippen molar-refractivity contribution in [2.45, 2.75) is 19.4 Å². The van der Waals surface area contributed by atoms with Crippen LogP contribution in [-0.2, 0) is 6.54 Å². The molecule has 1 aliphatic heterocycles. The maximum absolute atomic E-state index is 13.0. The van der Waals surface area contributed by atoms with Crippen LogP contribution in [0.2, 0.25) is 0 Å². The molecule has 2 rings (SSSR count). The van der Waals surface area contributed by atoms with Gasteiger partial charge in [0.1, 0.15) is 5.82 Å². The lowest BCUT2D eigenvalue weighted by Gasteiger charge is -2.32. The zero-order valence-electron chi connectivity index (χ0n) is 10.7. The number of nitrogens with one attached hydrogen (secondary N) is 1. The summed E-state index contributed by atoms with van der Waals surface area (Å²) in [6, 6.07) is 1.58. The molecule has 1 fully saturated rings. The van der Waals surface area contributed by atoms with E-state index in [0.717, 1.165) is 37.7 Å². The number of nitrogens with zero attached hydrogens (tertiary/aromatic N) is 2. The molecule has 1 saturated heterocycles. The number of halogens is 2. The summed E-state index contributed by atoms with van der Waals surface area (Å²) in [5.74, 6) is 0.474. The summed E-state index contributed by atoms with van der Waals surface area (Å²) in [5.41, 5.74) is 0.968. The lowest BCUT2D eigenvalue weighted by atomic mass is 9.98. The minimum Gasteiger partial charge on any atom is -0.319 e. The Bertz CT molecular complexity index is 360. The maximum Gasteiger partial charge on any atom is 0.141 e. The van der Waals surface area contributed by atoms with E-state index in [1.54, 1.807) is 12.3 Å². The predicted octanol–water partition coefficient (Wildman–Crippen LogP) is 2.07. The van der Waals surface area contributed by atoms with Crippen LogP contribution < -0.4 is 5.32 Å². The lowest BCUT2D eigenvalue weighted by molar-refractivity contribution is 0.166. The molecule has 18 heavy (non-hydrogen) atoms. The quantitative estimate of drug-likeness (QED) is 0.910. The van der Waals surface area contributed by atoms with Crippen LogP contribution >= 0.6 is 12.4 Å². The third-order valence-electron chi connectivity index (χ3n) is 3.26. The highest BCUT2D eigenvalue weighted by molar-refractivity contribution is 5.85. The highest BCUT2D eigenvalue weighted by Gasteiger charge is 2.19. The average molecular weight is 274 g/mol. The summed E-state index contributed by atoms with van der Waals surface area (Å²) in [4.78, 5) is 6.28. The maximum atomic E-state index is 13.0. The first-order valence-corrected chi connectivity index (χ1v) is 6.24. The van der Waals surface area contributed by atoms with Crippen LogP contribution in [0.15, 0.2) is 18.5 Å². The fourth-order valence-corrected chi connectivity index (χ4v) is 2.55. The molecule has 0 spiro atoms. The van der Waals surface area contributed by atoms with Crippen molar-refractivity contribution < 1.29 is 4.39 Å². The zero-order chi connectivity index (χ0) is 12.1. The minimum absolute atomic E-state index is 0. The minimum atomic E-state index is -0.244. The third kappa shape index (κ3) is 4.52. The fraction of sp³-hybridized carbons (Fsp3) is 0.615. The molecule has 1 atom stereocenters. The van der Waals surface area contributed by atoms with E-state index in [9.17, 15) is 4.39 Å². The van der Waals surface area contributed by atoms with Crippen molar-refractivity contribution in [3.63, 3.8) is 0 Å². The number of rotatable bonds is 4. The van der Waals surface area contributed by atoms with Gasteiger partial charge in [0.05, 0.1) is 6.20 Å². The van der Waals surface area contributed by atoms with Gasteiger partial charge in [-0.05, 0) is 50.5 Å². The first kappa shape index (κ1) is 15.3. The predicted molar refractivity (Wildman–Crippen MR) is 73.4 cm³/mol. The van der Waals surface area contributed by atoms with Gasteiger partial charge in [-0.25, -0.2) is 4.39 Å². The standard InChI is InChI=1S/C13H20FN3.ClH/c1-15-6-11-3-2-4-17(9-11)10-12-5-13(14)8-16-7-12;/h5,7-8,11,15H,2-4,6,9-10H2,1H3;1H. The van der Waals surface area contributed by atoms with Gasteiger partial charge in [-0.3, -0.25) is 9.88 Å². The number of piperidine rings is 1. The van der Waals surface area contributed by atoms with Crippen LogP contribution in [0.4, 0.5) is 4.39 Å². The molecule has 0 aliphatic carbocycles. The summed E-state index contributed by atoms with van der Waals surface area (Å²) < 4.78 is 13.0. The molecule has 1 aromatic heterocycles. The van der Waals surface area contributed by atoms with Crippen molar-refractivity contribution in [2.75, 3.05) is 26.7 Å². The van der Waals surface area contributed by atoms with Gasteiger partial charge in [0.15, 0.2) is 0 Å². The van der Waals surface area contributed by atoms with E-state index in [1.165, 1.54) is 19.0 Å². The monoisotopic (exact) mass is 273 g/mol. The molecule has 0 radical (unpaired) electrons. The molecular weight excluding hydrogens is 253 g/mol. The van der Waals surface area contributed by atoms with Crippen molar-refractivity contribution in [1.82, 2.24) is 15.2 Å². The van der Waals surface area contributed by atoms with Crippen LogP contribution in [-0.4, -0.2) is 36.6 Å². The zero-order valence-corrected chi connectivity index (χ0v) is 11.5. The van der Waals surface area contributed by atoms with E-state index in [2.05, 4.69) is 15.2 Å². The fourth-order valence-electron chi connectivity index (χ4n) is 2.55. The first-order valence-electron chi connectivity index (χ1n) is 6.24. The molecule has 1 aliphatic rings. The first-order chi connectivity index (χ1) is 8.28. The second-order valence-corrected chi connectivity index (χ2v) is 4.81. The average Bonchev–Trinajstić information content (AvgIpc) is 2.30. The molecule has 102 valence electrons. The summed E-state index contributed by atoms with van der Waals surface area (Å²) in [5, 5.41) is 3.23. The van der Waals surface area contributed by atoms with E-state index < -0.39 is 0 Å². The molecule has 0 saturated carbocycles. The molecule has 1 unspecified atom stereocenters. The molecule has 0 bridgehead atoms. The summed E-state index contributed by atoms with van der Waals surface area (Å²) >= 11 is 0. The van der Waals surface area contributed by atoms with Gasteiger partial charge in [0, 0.05) is 19.3 Å². The number of likely N-dealkylation sites (tertiary alicyclic amines) is 1. The second-order valence-electron chi connectivity index (χ2n) is 4.81. The molecule has 0 aromatic carbocycles. The van der Waals surface area contributed by atoms with Crippen molar-refractivity contribution in [2.24, 2.45) is 5.92 Å². The summed E-state index contributed by atoms with van der Waals surface area (Å²) in [7, 11) is 2.00. The third-order valence-corrected chi connectivity index (χ3v) is 3.26. The van der Waals surface area contributed by atoms with Gasteiger partial charge < -0.3 is 5.32 Å². The van der Waals surface area contributed by atoms with Crippen LogP contribution in [0, 0.1) is 11.7 Å².